The number of carbonyl (C=O) groups is 2. The van der Waals surface area contributed by atoms with Crippen molar-refractivity contribution >= 4 is 34.1 Å². The standard InChI is InChI=1S/C14H10O7S2/c15-13(9-5-1-3-7-11(9)22(17)18)21-14(16)10-6-2-4-8-12(10)23(19)20/h1-8H,(H,17,18)(H,19,20). The minimum Gasteiger partial charge on any atom is -0.386 e. The first kappa shape index (κ1) is 17.2. The van der Waals surface area contributed by atoms with Gasteiger partial charge in [0.25, 0.3) is 0 Å². The van der Waals surface area contributed by atoms with E-state index in [-0.39, 0.29) is 20.9 Å². The summed E-state index contributed by atoms with van der Waals surface area (Å²) in [4.78, 5) is 23.6. The van der Waals surface area contributed by atoms with Crippen LogP contribution in [0.3, 0.4) is 0 Å². The van der Waals surface area contributed by atoms with Gasteiger partial charge in [-0.25, -0.2) is 18.0 Å². The maximum absolute atomic E-state index is 12.0. The van der Waals surface area contributed by atoms with Crippen LogP contribution in [0.4, 0.5) is 0 Å². The van der Waals surface area contributed by atoms with E-state index in [1.54, 1.807) is 0 Å². The first-order valence-electron chi connectivity index (χ1n) is 6.08. The molecule has 0 amide bonds. The SMILES string of the molecule is O=C(OC(=O)c1ccccc1S(=O)O)c1ccccc1S(=O)O. The van der Waals surface area contributed by atoms with Crippen molar-refractivity contribution < 1.29 is 31.8 Å². The van der Waals surface area contributed by atoms with Gasteiger partial charge < -0.3 is 13.8 Å². The molecule has 23 heavy (non-hydrogen) atoms. The lowest BCUT2D eigenvalue weighted by molar-refractivity contribution is 0.0392. The molecule has 0 aliphatic rings. The lowest BCUT2D eigenvalue weighted by Crippen LogP contribution is -2.16. The van der Waals surface area contributed by atoms with Crippen molar-refractivity contribution in [2.24, 2.45) is 0 Å². The average molecular weight is 354 g/mol. The van der Waals surface area contributed by atoms with Crippen LogP contribution < -0.4 is 0 Å². The van der Waals surface area contributed by atoms with Gasteiger partial charge >= 0.3 is 11.9 Å². The maximum Gasteiger partial charge on any atom is 0.347 e. The van der Waals surface area contributed by atoms with Crippen LogP contribution in [-0.2, 0) is 26.9 Å². The third-order valence-electron chi connectivity index (χ3n) is 2.78. The molecular weight excluding hydrogens is 344 g/mol. The Labute approximate surface area is 135 Å². The summed E-state index contributed by atoms with van der Waals surface area (Å²) in [6.45, 7) is 0. The summed E-state index contributed by atoms with van der Waals surface area (Å²) in [5.74, 6) is -2.27. The van der Waals surface area contributed by atoms with Crippen LogP contribution in [0.25, 0.3) is 0 Å². The molecule has 0 heterocycles. The lowest BCUT2D eigenvalue weighted by Gasteiger charge is -2.07. The Bertz CT molecular complexity index is 749. The van der Waals surface area contributed by atoms with Gasteiger partial charge in [-0.2, -0.15) is 0 Å². The molecule has 2 rings (SSSR count). The van der Waals surface area contributed by atoms with E-state index >= 15 is 0 Å². The molecule has 2 N–H and O–H groups in total. The van der Waals surface area contributed by atoms with Gasteiger partial charge in [0.05, 0.1) is 20.9 Å². The molecule has 9 heteroatoms. The Morgan fingerprint density at radius 1 is 0.739 bits per heavy atom. The molecule has 0 spiro atoms. The van der Waals surface area contributed by atoms with Gasteiger partial charge in [0, 0.05) is 0 Å². The van der Waals surface area contributed by atoms with Crippen LogP contribution in [0.1, 0.15) is 20.7 Å². The van der Waals surface area contributed by atoms with Gasteiger partial charge in [-0.1, -0.05) is 24.3 Å². The van der Waals surface area contributed by atoms with Gasteiger partial charge in [0.15, 0.2) is 22.2 Å². The van der Waals surface area contributed by atoms with E-state index in [0.717, 1.165) is 0 Å². The van der Waals surface area contributed by atoms with Crippen LogP contribution in [0.15, 0.2) is 58.3 Å². The average Bonchev–Trinajstić information content (AvgIpc) is 2.54. The highest BCUT2D eigenvalue weighted by Crippen LogP contribution is 2.17. The van der Waals surface area contributed by atoms with Gasteiger partial charge in [-0.05, 0) is 24.3 Å². The van der Waals surface area contributed by atoms with Crippen molar-refractivity contribution in [1.29, 1.82) is 0 Å². The summed E-state index contributed by atoms with van der Waals surface area (Å²) in [7, 11) is 0. The molecule has 0 fully saturated rings. The van der Waals surface area contributed by atoms with E-state index in [1.165, 1.54) is 48.5 Å². The van der Waals surface area contributed by atoms with Crippen molar-refractivity contribution in [2.75, 3.05) is 0 Å². The van der Waals surface area contributed by atoms with Crippen LogP contribution in [-0.4, -0.2) is 29.5 Å². The van der Waals surface area contributed by atoms with E-state index in [9.17, 15) is 18.0 Å². The first-order chi connectivity index (χ1) is 10.9. The number of rotatable bonds is 4. The highest BCUT2D eigenvalue weighted by molar-refractivity contribution is 7.79. The van der Waals surface area contributed by atoms with Crippen molar-refractivity contribution in [3.63, 3.8) is 0 Å². The van der Waals surface area contributed by atoms with Crippen LogP contribution >= 0.6 is 0 Å². The van der Waals surface area contributed by atoms with E-state index < -0.39 is 34.1 Å². The molecule has 7 nitrogen and oxygen atoms in total. The summed E-state index contributed by atoms with van der Waals surface area (Å²) in [5, 5.41) is 0. The molecule has 0 aromatic heterocycles. The Hall–Kier alpha value is -2.20. The summed E-state index contributed by atoms with van der Waals surface area (Å²) < 4.78 is 45.2. The van der Waals surface area contributed by atoms with Gasteiger partial charge in [-0.3, -0.25) is 0 Å². The fourth-order valence-corrected chi connectivity index (χ4v) is 2.84. The van der Waals surface area contributed by atoms with E-state index in [2.05, 4.69) is 4.74 Å². The molecule has 0 aliphatic carbocycles. The van der Waals surface area contributed by atoms with Gasteiger partial charge in [0.1, 0.15) is 0 Å². The molecule has 2 aromatic carbocycles. The minimum atomic E-state index is -2.43. The summed E-state index contributed by atoms with van der Waals surface area (Å²) in [6, 6.07) is 10.7. The molecule has 120 valence electrons. The minimum absolute atomic E-state index is 0.204. The second kappa shape index (κ2) is 7.38. The second-order valence-corrected chi connectivity index (χ2v) is 6.04. The first-order valence-corrected chi connectivity index (χ1v) is 8.29. The molecule has 2 aromatic rings. The molecule has 0 bridgehead atoms. The summed E-state index contributed by atoms with van der Waals surface area (Å²) in [5.41, 5.74) is -0.492. The quantitative estimate of drug-likeness (QED) is 0.488. The zero-order valence-electron chi connectivity index (χ0n) is 11.4. The number of benzene rings is 2. The van der Waals surface area contributed by atoms with E-state index in [1.807, 2.05) is 0 Å². The highest BCUT2D eigenvalue weighted by Gasteiger charge is 2.22. The number of ether oxygens (including phenoxy) is 1. The zero-order chi connectivity index (χ0) is 17.0. The zero-order valence-corrected chi connectivity index (χ0v) is 13.0. The van der Waals surface area contributed by atoms with Gasteiger partial charge in [0.2, 0.25) is 0 Å². The second-order valence-electron chi connectivity index (χ2n) is 4.17. The molecule has 2 unspecified atom stereocenters. The predicted octanol–water partition coefficient (Wildman–Crippen LogP) is 1.85. The van der Waals surface area contributed by atoms with E-state index in [0.29, 0.717) is 0 Å². The molecule has 0 saturated carbocycles. The molecule has 0 aliphatic heterocycles. The van der Waals surface area contributed by atoms with Gasteiger partial charge in [-0.15, -0.1) is 0 Å². The van der Waals surface area contributed by atoms with Crippen molar-refractivity contribution in [3.8, 4) is 0 Å². The van der Waals surface area contributed by atoms with Crippen molar-refractivity contribution in [1.82, 2.24) is 0 Å². The van der Waals surface area contributed by atoms with Crippen LogP contribution in [0.2, 0.25) is 0 Å². The van der Waals surface area contributed by atoms with Crippen molar-refractivity contribution in [3.05, 3.63) is 59.7 Å². The third-order valence-corrected chi connectivity index (χ3v) is 4.24. The monoisotopic (exact) mass is 354 g/mol. The molecule has 0 radical (unpaired) electrons. The van der Waals surface area contributed by atoms with E-state index in [4.69, 9.17) is 9.11 Å². The van der Waals surface area contributed by atoms with Crippen molar-refractivity contribution in [2.45, 2.75) is 9.79 Å². The molecular formula is C14H10O7S2. The lowest BCUT2D eigenvalue weighted by atomic mass is 10.2. The van der Waals surface area contributed by atoms with Crippen LogP contribution in [0.5, 0.6) is 0 Å². The summed E-state index contributed by atoms with van der Waals surface area (Å²) >= 11 is -4.87. The predicted molar refractivity (Wildman–Crippen MR) is 80.7 cm³/mol. The number of carbonyl (C=O) groups excluding carboxylic acids is 2. The number of esters is 2. The third kappa shape index (κ3) is 3.96. The highest BCUT2D eigenvalue weighted by atomic mass is 32.2. The fraction of sp³-hybridized carbons (Fsp3) is 0. The smallest absolute Gasteiger partial charge is 0.347 e. The molecule has 0 saturated heterocycles. The fourth-order valence-electron chi connectivity index (χ4n) is 1.77. The van der Waals surface area contributed by atoms with Crippen LogP contribution in [0, 0.1) is 0 Å². The topological polar surface area (TPSA) is 118 Å². The summed E-state index contributed by atoms with van der Waals surface area (Å²) in [6.07, 6.45) is 0. The Balaban J connectivity index is 2.30. The Kier molecular flexibility index (Phi) is 5.50. The normalized spacial score (nSPS) is 13.1. The maximum atomic E-state index is 12.0. The largest absolute Gasteiger partial charge is 0.386 e. The number of hydrogen-bond acceptors (Lipinski definition) is 5. The number of hydrogen-bond donors (Lipinski definition) is 2. The Morgan fingerprint density at radius 3 is 1.43 bits per heavy atom. The molecule has 2 atom stereocenters. The Morgan fingerprint density at radius 2 is 1.09 bits per heavy atom.